The summed E-state index contributed by atoms with van der Waals surface area (Å²) in [7, 11) is 0. The van der Waals surface area contributed by atoms with Crippen LogP contribution >= 0.6 is 12.4 Å². The Labute approximate surface area is 128 Å². The zero-order valence-electron chi connectivity index (χ0n) is 12.5. The monoisotopic (exact) mass is 298 g/mol. The summed E-state index contributed by atoms with van der Waals surface area (Å²) in [5.74, 6) is 0.553. The molecule has 1 aliphatic rings. The van der Waals surface area contributed by atoms with E-state index >= 15 is 0 Å². The molecule has 1 aromatic carbocycles. The molecule has 2 rings (SSSR count). The number of hydrogen-bond donors (Lipinski definition) is 2. The summed E-state index contributed by atoms with van der Waals surface area (Å²) in [4.78, 5) is 2.49. The zero-order chi connectivity index (χ0) is 13.7. The van der Waals surface area contributed by atoms with Crippen molar-refractivity contribution in [1.29, 1.82) is 0 Å². The largest absolute Gasteiger partial charge is 0.396 e. The predicted octanol–water partition coefficient (Wildman–Crippen LogP) is 2.56. The van der Waals surface area contributed by atoms with E-state index in [1.807, 2.05) is 0 Å². The van der Waals surface area contributed by atoms with Crippen molar-refractivity contribution < 1.29 is 5.11 Å². The standard InChI is InChI=1S/C16H26N2O.ClH/c1-13(2)14-4-3-5-15(12-14)16(6-11-19)18-9-7-17-8-10-18;/h3-5,12-13,16-17,19H,6-11H2,1-2H3;1H/t16-;/m0./s1. The molecule has 2 N–H and O–H groups in total. The molecule has 1 aromatic rings. The fourth-order valence-corrected chi connectivity index (χ4v) is 2.80. The molecule has 1 fully saturated rings. The molecule has 0 spiro atoms. The molecular weight excluding hydrogens is 272 g/mol. The molecule has 0 unspecified atom stereocenters. The van der Waals surface area contributed by atoms with Crippen molar-refractivity contribution in [1.82, 2.24) is 10.2 Å². The van der Waals surface area contributed by atoms with Crippen LogP contribution in [0.15, 0.2) is 24.3 Å². The highest BCUT2D eigenvalue weighted by Gasteiger charge is 2.21. The van der Waals surface area contributed by atoms with Crippen molar-refractivity contribution in [3.8, 4) is 0 Å². The molecule has 20 heavy (non-hydrogen) atoms. The molecule has 0 radical (unpaired) electrons. The normalized spacial score (nSPS) is 17.8. The molecule has 0 aliphatic carbocycles. The van der Waals surface area contributed by atoms with Gasteiger partial charge in [-0.05, 0) is 23.5 Å². The highest BCUT2D eigenvalue weighted by Crippen LogP contribution is 2.27. The quantitative estimate of drug-likeness (QED) is 0.877. The van der Waals surface area contributed by atoms with E-state index in [9.17, 15) is 5.11 Å². The average molecular weight is 299 g/mol. The first-order valence-corrected chi connectivity index (χ1v) is 7.38. The zero-order valence-corrected chi connectivity index (χ0v) is 13.3. The number of aliphatic hydroxyl groups is 1. The lowest BCUT2D eigenvalue weighted by Crippen LogP contribution is -2.45. The van der Waals surface area contributed by atoms with E-state index in [-0.39, 0.29) is 19.0 Å². The Morgan fingerprint density at radius 3 is 2.45 bits per heavy atom. The number of piperazine rings is 1. The maximum atomic E-state index is 9.36. The van der Waals surface area contributed by atoms with E-state index < -0.39 is 0 Å². The third kappa shape index (κ3) is 4.45. The van der Waals surface area contributed by atoms with Gasteiger partial charge in [-0.25, -0.2) is 0 Å². The van der Waals surface area contributed by atoms with Crippen LogP contribution in [0.4, 0.5) is 0 Å². The number of aliphatic hydroxyl groups excluding tert-OH is 1. The molecule has 0 aromatic heterocycles. The van der Waals surface area contributed by atoms with Gasteiger partial charge in [0.2, 0.25) is 0 Å². The minimum atomic E-state index is 0. The number of benzene rings is 1. The molecule has 1 heterocycles. The Bertz CT molecular complexity index is 392. The van der Waals surface area contributed by atoms with Gasteiger partial charge in [-0.15, -0.1) is 12.4 Å². The Balaban J connectivity index is 0.00000200. The second-order valence-electron chi connectivity index (χ2n) is 5.64. The van der Waals surface area contributed by atoms with Crippen LogP contribution in [0.2, 0.25) is 0 Å². The fourth-order valence-electron chi connectivity index (χ4n) is 2.80. The highest BCUT2D eigenvalue weighted by atomic mass is 35.5. The number of rotatable bonds is 5. The van der Waals surface area contributed by atoms with Gasteiger partial charge in [-0.2, -0.15) is 0 Å². The Morgan fingerprint density at radius 2 is 1.85 bits per heavy atom. The van der Waals surface area contributed by atoms with Gasteiger partial charge < -0.3 is 10.4 Å². The maximum absolute atomic E-state index is 9.36. The molecule has 114 valence electrons. The third-order valence-corrected chi connectivity index (χ3v) is 3.96. The molecule has 3 nitrogen and oxygen atoms in total. The van der Waals surface area contributed by atoms with Crippen LogP contribution in [0.1, 0.15) is 43.4 Å². The maximum Gasteiger partial charge on any atom is 0.0449 e. The summed E-state index contributed by atoms with van der Waals surface area (Å²) in [6.45, 7) is 8.93. The van der Waals surface area contributed by atoms with Crippen molar-refractivity contribution in [2.24, 2.45) is 0 Å². The third-order valence-electron chi connectivity index (χ3n) is 3.96. The van der Waals surface area contributed by atoms with E-state index in [1.54, 1.807) is 0 Å². The number of nitrogens with zero attached hydrogens (tertiary/aromatic N) is 1. The highest BCUT2D eigenvalue weighted by molar-refractivity contribution is 5.85. The molecule has 4 heteroatoms. The van der Waals surface area contributed by atoms with Crippen LogP contribution in [-0.2, 0) is 0 Å². The molecule has 0 saturated carbocycles. The van der Waals surface area contributed by atoms with Crippen molar-refractivity contribution in [2.45, 2.75) is 32.2 Å². The molecular formula is C16H27ClN2O. The second kappa shape index (κ2) is 8.63. The van der Waals surface area contributed by atoms with Gasteiger partial charge in [-0.1, -0.05) is 38.1 Å². The molecule has 0 bridgehead atoms. The van der Waals surface area contributed by atoms with Gasteiger partial charge in [0.25, 0.3) is 0 Å². The Morgan fingerprint density at radius 1 is 1.20 bits per heavy atom. The average Bonchev–Trinajstić information content (AvgIpc) is 2.46. The van der Waals surface area contributed by atoms with E-state index in [0.717, 1.165) is 32.6 Å². The van der Waals surface area contributed by atoms with Crippen LogP contribution < -0.4 is 5.32 Å². The van der Waals surface area contributed by atoms with Gasteiger partial charge in [-0.3, -0.25) is 4.90 Å². The van der Waals surface area contributed by atoms with Crippen molar-refractivity contribution in [3.05, 3.63) is 35.4 Å². The number of nitrogens with one attached hydrogen (secondary N) is 1. The first-order valence-electron chi connectivity index (χ1n) is 7.38. The second-order valence-corrected chi connectivity index (χ2v) is 5.64. The van der Waals surface area contributed by atoms with Crippen LogP contribution in [0.5, 0.6) is 0 Å². The lowest BCUT2D eigenvalue weighted by atomic mass is 9.95. The number of hydrogen-bond acceptors (Lipinski definition) is 3. The summed E-state index contributed by atoms with van der Waals surface area (Å²) in [6, 6.07) is 9.21. The Kier molecular flexibility index (Phi) is 7.52. The minimum Gasteiger partial charge on any atom is -0.396 e. The molecule has 1 atom stereocenters. The van der Waals surface area contributed by atoms with E-state index in [0.29, 0.717) is 12.0 Å². The first kappa shape index (κ1) is 17.4. The predicted molar refractivity (Wildman–Crippen MR) is 86.7 cm³/mol. The van der Waals surface area contributed by atoms with Crippen LogP contribution in [0.3, 0.4) is 0 Å². The van der Waals surface area contributed by atoms with E-state index in [4.69, 9.17) is 0 Å². The summed E-state index contributed by atoms with van der Waals surface area (Å²) < 4.78 is 0. The molecule has 0 amide bonds. The SMILES string of the molecule is CC(C)c1cccc([C@H](CCO)N2CCNCC2)c1.Cl. The van der Waals surface area contributed by atoms with Crippen molar-refractivity contribution >= 4 is 12.4 Å². The van der Waals surface area contributed by atoms with Crippen LogP contribution in [-0.4, -0.2) is 42.8 Å². The fraction of sp³-hybridized carbons (Fsp3) is 0.625. The van der Waals surface area contributed by atoms with Gasteiger partial charge in [0, 0.05) is 38.8 Å². The van der Waals surface area contributed by atoms with E-state index in [1.165, 1.54) is 11.1 Å². The smallest absolute Gasteiger partial charge is 0.0449 e. The van der Waals surface area contributed by atoms with Gasteiger partial charge in [0.15, 0.2) is 0 Å². The van der Waals surface area contributed by atoms with Gasteiger partial charge in [0.1, 0.15) is 0 Å². The van der Waals surface area contributed by atoms with Crippen LogP contribution in [0, 0.1) is 0 Å². The van der Waals surface area contributed by atoms with E-state index in [2.05, 4.69) is 48.3 Å². The molecule has 1 aliphatic heterocycles. The van der Waals surface area contributed by atoms with Gasteiger partial charge in [0.05, 0.1) is 0 Å². The lowest BCUT2D eigenvalue weighted by molar-refractivity contribution is 0.141. The lowest BCUT2D eigenvalue weighted by Gasteiger charge is -2.35. The summed E-state index contributed by atoms with van der Waals surface area (Å²) in [5.41, 5.74) is 2.73. The van der Waals surface area contributed by atoms with Crippen molar-refractivity contribution in [2.75, 3.05) is 32.8 Å². The Hall–Kier alpha value is -0.610. The van der Waals surface area contributed by atoms with Crippen molar-refractivity contribution in [3.63, 3.8) is 0 Å². The number of halogens is 1. The minimum absolute atomic E-state index is 0. The van der Waals surface area contributed by atoms with Gasteiger partial charge >= 0.3 is 0 Å². The topological polar surface area (TPSA) is 35.5 Å². The van der Waals surface area contributed by atoms with Crippen LogP contribution in [0.25, 0.3) is 0 Å². The molecule has 1 saturated heterocycles. The summed E-state index contributed by atoms with van der Waals surface area (Å²) in [5, 5.41) is 12.8. The summed E-state index contributed by atoms with van der Waals surface area (Å²) in [6.07, 6.45) is 0.821. The first-order chi connectivity index (χ1) is 9.22. The summed E-state index contributed by atoms with van der Waals surface area (Å²) >= 11 is 0.